The number of hydrogen-bond acceptors (Lipinski definition) is 3. The van der Waals surface area contributed by atoms with Gasteiger partial charge in [0, 0.05) is 0 Å². The van der Waals surface area contributed by atoms with E-state index in [0.29, 0.717) is 0 Å². The first-order chi connectivity index (χ1) is 4.81. The van der Waals surface area contributed by atoms with Crippen LogP contribution >= 0.6 is 67.5 Å². The smallest absolute Gasteiger partial charge is 0.184 e. The highest BCUT2D eigenvalue weighted by atomic mass is 35.9. The van der Waals surface area contributed by atoms with Crippen LogP contribution in [-0.2, 0) is 10.1 Å². The average Bonchev–Trinajstić information content (AvgIpc) is 1.49. The fraction of sp³-hybridized carbons (Fsp3) is 0. The summed E-state index contributed by atoms with van der Waals surface area (Å²) in [4.78, 5) is 0. The second kappa shape index (κ2) is 3.67. The Morgan fingerprint density at radius 3 is 1.91 bits per heavy atom. The SMILES string of the molecule is ClS1=NP(Cl)(Cl)=NP(Cl)(Cl)=N1. The van der Waals surface area contributed by atoms with Gasteiger partial charge in [-0.3, -0.25) is 0 Å². The maximum Gasteiger partial charge on any atom is 0.263 e. The van der Waals surface area contributed by atoms with E-state index in [0.717, 1.165) is 0 Å². The fourth-order valence-electron chi connectivity index (χ4n) is 0.341. The zero-order chi connectivity index (χ0) is 8.70. The summed E-state index contributed by atoms with van der Waals surface area (Å²) in [5.74, 6) is -5.50. The van der Waals surface area contributed by atoms with Crippen LogP contribution in [0.5, 0.6) is 0 Å². The van der Waals surface area contributed by atoms with Gasteiger partial charge in [0.15, 0.2) is 0 Å². The number of rotatable bonds is 0. The third-order valence-electron chi connectivity index (χ3n) is 0.546. The number of nitrogens with zero attached hydrogens (tertiary/aromatic N) is 3. The molecular formula is Cl5N3P2S. The van der Waals surface area contributed by atoms with E-state index < -0.39 is 21.9 Å². The first-order valence-corrected chi connectivity index (χ1v) is 11.0. The van der Waals surface area contributed by atoms with Crippen molar-refractivity contribution in [3.63, 3.8) is 0 Å². The summed E-state index contributed by atoms with van der Waals surface area (Å²) in [7, 11) is 4.41. The lowest BCUT2D eigenvalue weighted by Gasteiger charge is -2.11. The molecule has 1 aliphatic heterocycles. The monoisotopic (exact) mass is 311 g/mol. The maximum absolute atomic E-state index is 5.62. The van der Waals surface area contributed by atoms with Crippen LogP contribution in [-0.4, -0.2) is 0 Å². The quantitative estimate of drug-likeness (QED) is 0.513. The molecule has 11 heteroatoms. The van der Waals surface area contributed by atoms with Crippen LogP contribution < -0.4 is 0 Å². The molecule has 0 N–H and O–H groups in total. The van der Waals surface area contributed by atoms with E-state index in [-0.39, 0.29) is 0 Å². The van der Waals surface area contributed by atoms with Gasteiger partial charge in [0.05, 0.1) is 0 Å². The van der Waals surface area contributed by atoms with Crippen molar-refractivity contribution in [2.45, 2.75) is 0 Å². The second-order valence-corrected chi connectivity index (χ2v) is 13.2. The lowest BCUT2D eigenvalue weighted by atomic mass is 13.8. The molecule has 0 saturated heterocycles. The molecule has 0 saturated carbocycles. The predicted molar refractivity (Wildman–Crippen MR) is 57.8 cm³/mol. The van der Waals surface area contributed by atoms with E-state index >= 15 is 0 Å². The van der Waals surface area contributed by atoms with Crippen molar-refractivity contribution in [3.05, 3.63) is 0 Å². The average molecular weight is 313 g/mol. The van der Waals surface area contributed by atoms with Crippen molar-refractivity contribution in [2.24, 2.45) is 12.8 Å². The highest BCUT2D eigenvalue weighted by molar-refractivity contribution is 8.27. The summed E-state index contributed by atoms with van der Waals surface area (Å²) in [5.41, 5.74) is 0. The molecule has 3 nitrogen and oxygen atoms in total. The van der Waals surface area contributed by atoms with Gasteiger partial charge in [0.1, 0.15) is 10.1 Å². The Morgan fingerprint density at radius 1 is 1.00 bits per heavy atom. The van der Waals surface area contributed by atoms with Crippen molar-refractivity contribution < 1.29 is 0 Å². The van der Waals surface area contributed by atoms with Gasteiger partial charge in [0.25, 0.3) is 11.8 Å². The van der Waals surface area contributed by atoms with Crippen LogP contribution in [0, 0.1) is 0 Å². The Labute approximate surface area is 89.8 Å². The molecule has 1 heterocycles. The summed E-state index contributed by atoms with van der Waals surface area (Å²) < 4.78 is 11.0. The van der Waals surface area contributed by atoms with Crippen molar-refractivity contribution in [2.75, 3.05) is 0 Å². The Bertz CT molecular complexity index is 298. The maximum atomic E-state index is 5.62. The Hall–Kier alpha value is 2.06. The lowest BCUT2D eigenvalue weighted by molar-refractivity contribution is 1.82. The zero-order valence-corrected chi connectivity index (χ0v) is 10.9. The highest BCUT2D eigenvalue weighted by Gasteiger charge is 2.24. The summed E-state index contributed by atoms with van der Waals surface area (Å²) in [6, 6.07) is 0. The zero-order valence-electron chi connectivity index (χ0n) is 4.53. The Kier molecular flexibility index (Phi) is 3.71. The molecule has 0 amide bonds. The van der Waals surface area contributed by atoms with Crippen molar-refractivity contribution >= 4 is 77.6 Å². The first-order valence-electron chi connectivity index (χ1n) is 2.00. The molecule has 1 atom stereocenters. The van der Waals surface area contributed by atoms with E-state index in [1.165, 1.54) is 0 Å². The van der Waals surface area contributed by atoms with Gasteiger partial charge in [-0.1, -0.05) is 0 Å². The summed E-state index contributed by atoms with van der Waals surface area (Å²) >= 11 is 22.5. The lowest BCUT2D eigenvalue weighted by Crippen LogP contribution is -1.71. The molecule has 1 aliphatic rings. The van der Waals surface area contributed by atoms with Crippen LogP contribution in [0.15, 0.2) is 12.8 Å². The predicted octanol–water partition coefficient (Wildman–Crippen LogP) is 5.72. The van der Waals surface area contributed by atoms with E-state index in [9.17, 15) is 0 Å². The van der Waals surface area contributed by atoms with Crippen LogP contribution in [0.2, 0.25) is 0 Å². The molecule has 1 rings (SSSR count). The Morgan fingerprint density at radius 2 is 1.55 bits per heavy atom. The normalized spacial score (nSPS) is 33.0. The third-order valence-corrected chi connectivity index (χ3v) is 10.7. The minimum atomic E-state index is -2.75. The van der Waals surface area contributed by atoms with E-state index in [2.05, 4.69) is 12.8 Å². The van der Waals surface area contributed by atoms with Crippen LogP contribution in [0.3, 0.4) is 0 Å². The molecule has 0 aromatic rings. The summed E-state index contributed by atoms with van der Waals surface area (Å²) in [6.45, 7) is 0. The number of hydrogen-bond donors (Lipinski definition) is 0. The van der Waals surface area contributed by atoms with Crippen molar-refractivity contribution in [1.29, 1.82) is 0 Å². The van der Waals surface area contributed by atoms with Gasteiger partial charge in [0.2, 0.25) is 0 Å². The first kappa shape index (κ1) is 11.1. The molecule has 0 radical (unpaired) electrons. The van der Waals surface area contributed by atoms with E-state index in [1.807, 2.05) is 0 Å². The molecule has 1 unspecified atom stereocenters. The fourth-order valence-corrected chi connectivity index (χ4v) is 13.6. The minimum absolute atomic E-state index is 1.13. The standard InChI is InChI=1S/Cl5N3P2S/c1-9(2)6-10(3,4)8-11(5)7-9. The summed E-state index contributed by atoms with van der Waals surface area (Å²) in [5, 5.41) is 0. The van der Waals surface area contributed by atoms with E-state index in [1.54, 1.807) is 0 Å². The second-order valence-electron chi connectivity index (χ2n) is 1.38. The molecule has 0 bridgehead atoms. The van der Waals surface area contributed by atoms with Gasteiger partial charge >= 0.3 is 0 Å². The van der Waals surface area contributed by atoms with Crippen molar-refractivity contribution in [3.8, 4) is 0 Å². The summed E-state index contributed by atoms with van der Waals surface area (Å²) in [6.07, 6.45) is 0. The van der Waals surface area contributed by atoms with Gasteiger partial charge in [-0.05, 0) is 55.6 Å². The molecule has 11 heavy (non-hydrogen) atoms. The largest absolute Gasteiger partial charge is 0.263 e. The van der Waals surface area contributed by atoms with Gasteiger partial charge in [-0.25, -0.2) is 0 Å². The molecule has 0 fully saturated rings. The third kappa shape index (κ3) is 3.74. The molecule has 0 aromatic heterocycles. The topological polar surface area (TPSA) is 37.1 Å². The van der Waals surface area contributed by atoms with Gasteiger partial charge in [-0.2, -0.15) is 12.8 Å². The molecule has 66 valence electrons. The molecular weight excluding hydrogens is 313 g/mol. The van der Waals surface area contributed by atoms with Crippen LogP contribution in [0.25, 0.3) is 0 Å². The highest BCUT2D eigenvalue weighted by Crippen LogP contribution is 2.77. The van der Waals surface area contributed by atoms with Crippen LogP contribution in [0.1, 0.15) is 0 Å². The van der Waals surface area contributed by atoms with Gasteiger partial charge < -0.3 is 0 Å². The molecule has 0 aromatic carbocycles. The van der Waals surface area contributed by atoms with E-state index in [4.69, 9.17) is 55.6 Å². The number of halogens is 5. The van der Waals surface area contributed by atoms with Gasteiger partial charge in [-0.15, -0.1) is 0 Å². The minimum Gasteiger partial charge on any atom is -0.184 e. The Balaban J connectivity index is 3.31. The molecule has 0 spiro atoms. The van der Waals surface area contributed by atoms with Crippen molar-refractivity contribution in [1.82, 2.24) is 0 Å². The van der Waals surface area contributed by atoms with Crippen LogP contribution in [0.4, 0.5) is 0 Å². The molecule has 0 aliphatic carbocycles.